The third kappa shape index (κ3) is 16.8. The van der Waals surface area contributed by atoms with Gasteiger partial charge in [0.2, 0.25) is 5.75 Å². The number of methoxy groups -OCH3 is 4. The van der Waals surface area contributed by atoms with Crippen molar-refractivity contribution >= 4 is 20.0 Å². The molecule has 0 aromatic heterocycles. The molecule has 234 valence electrons. The van der Waals surface area contributed by atoms with Crippen LogP contribution in [0.15, 0.2) is 30.3 Å². The van der Waals surface area contributed by atoms with Crippen LogP contribution < -0.4 is 34.1 Å². The van der Waals surface area contributed by atoms with Gasteiger partial charge >= 0.3 is 7.82 Å². The summed E-state index contributed by atoms with van der Waals surface area (Å²) in [6.07, 6.45) is 3.53. The molecule has 15 heteroatoms. The van der Waals surface area contributed by atoms with Crippen LogP contribution in [0.3, 0.4) is 0 Å². The molecule has 41 heavy (non-hydrogen) atoms. The first-order valence-corrected chi connectivity index (χ1v) is 13.9. The minimum atomic E-state index is -4.71. The maximum Gasteiger partial charge on any atom is 0.524 e. The number of hydrogen-bond acceptors (Lipinski definition) is 12. The summed E-state index contributed by atoms with van der Waals surface area (Å²) in [6, 6.07) is 8.29. The molecule has 0 spiro atoms. The first kappa shape index (κ1) is 38.1. The lowest BCUT2D eigenvalue weighted by Gasteiger charge is -2.13. The van der Waals surface area contributed by atoms with E-state index in [2.05, 4.69) is 15.2 Å². The molecule has 0 heterocycles. The maximum absolute atomic E-state index is 11.1. The Kier molecular flexibility index (Phi) is 21.1. The molecule has 0 saturated heterocycles. The van der Waals surface area contributed by atoms with Crippen LogP contribution >= 0.6 is 7.82 Å². The van der Waals surface area contributed by atoms with Gasteiger partial charge in [0.25, 0.3) is 0 Å². The summed E-state index contributed by atoms with van der Waals surface area (Å²) < 4.78 is 36.8. The van der Waals surface area contributed by atoms with Crippen LogP contribution in [-0.2, 0) is 4.57 Å². The minimum Gasteiger partial charge on any atom is -0.493 e. The van der Waals surface area contributed by atoms with E-state index in [4.69, 9.17) is 49.2 Å². The highest BCUT2D eigenvalue weighted by molar-refractivity contribution is 7.46. The Morgan fingerprint density at radius 2 is 1.05 bits per heavy atom. The average molecular weight is 607 g/mol. The molecule has 0 unspecified atom stereocenters. The Balaban J connectivity index is 0.000000941. The summed E-state index contributed by atoms with van der Waals surface area (Å²) in [5, 5.41) is 38.2. The SMILES string of the molecule is COc1ccc(/C=C\c2cc(OC)c(OC)c(OC)c2)cc1OP(=O)(O)O.OCCNCCO.OCCNCCO. The van der Waals surface area contributed by atoms with Crippen LogP contribution in [0.5, 0.6) is 28.7 Å². The van der Waals surface area contributed by atoms with E-state index < -0.39 is 7.82 Å². The van der Waals surface area contributed by atoms with Crippen molar-refractivity contribution in [2.75, 3.05) is 81.0 Å². The van der Waals surface area contributed by atoms with Gasteiger partial charge in [-0.05, 0) is 35.4 Å². The van der Waals surface area contributed by atoms with Crippen molar-refractivity contribution in [2.45, 2.75) is 0 Å². The molecule has 0 amide bonds. The predicted molar refractivity (Wildman–Crippen MR) is 155 cm³/mol. The van der Waals surface area contributed by atoms with Gasteiger partial charge in [-0.15, -0.1) is 0 Å². The lowest BCUT2D eigenvalue weighted by molar-refractivity contribution is 0.266. The molecule has 14 nitrogen and oxygen atoms in total. The standard InChI is InChI=1S/C18H21O8P.2C4H11NO2/c1-22-14-8-7-12(9-15(14)26-27(19,20)21)5-6-13-10-16(23-2)18(25-4)17(11-13)24-3;2*6-3-1-5-2-4-7/h5-11H,1-4H3,(H2,19,20,21);2*5-7H,1-4H2/b6-5-;;. The van der Waals surface area contributed by atoms with Gasteiger partial charge in [-0.25, -0.2) is 4.57 Å². The zero-order valence-corrected chi connectivity index (χ0v) is 24.7. The lowest BCUT2D eigenvalue weighted by atomic mass is 10.1. The molecule has 0 atom stereocenters. The fraction of sp³-hybridized carbons (Fsp3) is 0.462. The Hall–Kier alpha value is -2.91. The zero-order valence-electron chi connectivity index (χ0n) is 23.8. The Bertz CT molecular complexity index is 1010. The van der Waals surface area contributed by atoms with E-state index in [1.54, 1.807) is 36.4 Å². The second-order valence-electron chi connectivity index (χ2n) is 7.68. The van der Waals surface area contributed by atoms with Crippen molar-refractivity contribution < 1.29 is 58.2 Å². The van der Waals surface area contributed by atoms with E-state index in [1.165, 1.54) is 34.5 Å². The number of rotatable bonds is 16. The molecule has 8 N–H and O–H groups in total. The highest BCUT2D eigenvalue weighted by atomic mass is 31.2. The van der Waals surface area contributed by atoms with Crippen LogP contribution in [0.1, 0.15) is 11.1 Å². The third-order valence-corrected chi connectivity index (χ3v) is 5.15. The first-order valence-electron chi connectivity index (χ1n) is 12.4. The van der Waals surface area contributed by atoms with E-state index in [1.807, 2.05) is 0 Å². The van der Waals surface area contributed by atoms with Gasteiger partial charge in [-0.1, -0.05) is 18.2 Å². The summed E-state index contributed by atoms with van der Waals surface area (Å²) in [5.41, 5.74) is 1.42. The molecule has 0 radical (unpaired) electrons. The fourth-order valence-electron chi connectivity index (χ4n) is 2.95. The summed E-state index contributed by atoms with van der Waals surface area (Å²) in [4.78, 5) is 18.1. The topological polar surface area (TPSA) is 209 Å². The second kappa shape index (κ2) is 22.7. The quantitative estimate of drug-likeness (QED) is 0.0743. The van der Waals surface area contributed by atoms with Gasteiger partial charge in [0.1, 0.15) is 0 Å². The molecule has 0 aliphatic rings. The zero-order chi connectivity index (χ0) is 31.1. The molecule has 2 rings (SSSR count). The highest BCUT2D eigenvalue weighted by Crippen LogP contribution is 2.42. The Labute approximate surface area is 240 Å². The molecular weight excluding hydrogens is 563 g/mol. The van der Waals surface area contributed by atoms with E-state index in [-0.39, 0.29) is 37.9 Å². The fourth-order valence-corrected chi connectivity index (χ4v) is 3.35. The van der Waals surface area contributed by atoms with Crippen molar-refractivity contribution in [3.63, 3.8) is 0 Å². The van der Waals surface area contributed by atoms with Gasteiger partial charge in [0.05, 0.1) is 54.9 Å². The number of phosphoric ester groups is 1. The monoisotopic (exact) mass is 606 g/mol. The average Bonchev–Trinajstić information content (AvgIpc) is 2.96. The molecule has 0 aliphatic heterocycles. The molecule has 0 fully saturated rings. The third-order valence-electron chi connectivity index (χ3n) is 4.71. The van der Waals surface area contributed by atoms with Crippen LogP contribution in [0, 0.1) is 0 Å². The van der Waals surface area contributed by atoms with Crippen LogP contribution in [0.2, 0.25) is 0 Å². The minimum absolute atomic E-state index is 0.0575. The van der Waals surface area contributed by atoms with Gasteiger partial charge in [-0.3, -0.25) is 9.79 Å². The normalized spacial score (nSPS) is 10.7. The number of hydrogen-bond donors (Lipinski definition) is 8. The van der Waals surface area contributed by atoms with Gasteiger partial charge < -0.3 is 54.5 Å². The van der Waals surface area contributed by atoms with Gasteiger partial charge in [0, 0.05) is 26.2 Å². The van der Waals surface area contributed by atoms with Crippen molar-refractivity contribution in [2.24, 2.45) is 0 Å². The maximum atomic E-state index is 11.1. The van der Waals surface area contributed by atoms with E-state index in [9.17, 15) is 4.57 Å². The summed E-state index contributed by atoms with van der Waals surface area (Å²) in [7, 11) is 1.26. The number of aliphatic hydroxyl groups is 4. The summed E-state index contributed by atoms with van der Waals surface area (Å²) in [6.45, 7) is 2.84. The Morgan fingerprint density at radius 1 is 0.634 bits per heavy atom. The van der Waals surface area contributed by atoms with Crippen LogP contribution in [0.25, 0.3) is 12.2 Å². The van der Waals surface area contributed by atoms with E-state index >= 15 is 0 Å². The Morgan fingerprint density at radius 3 is 1.41 bits per heavy atom. The molecule has 0 bridgehead atoms. The number of phosphoric acid groups is 1. The first-order chi connectivity index (χ1) is 19.6. The number of nitrogens with one attached hydrogen (secondary N) is 2. The smallest absolute Gasteiger partial charge is 0.493 e. The van der Waals surface area contributed by atoms with Gasteiger partial charge in [-0.2, -0.15) is 0 Å². The predicted octanol–water partition coefficient (Wildman–Crippen LogP) is 0.484. The number of ether oxygens (including phenoxy) is 4. The van der Waals surface area contributed by atoms with Crippen molar-refractivity contribution in [1.82, 2.24) is 10.6 Å². The molecule has 2 aromatic rings. The van der Waals surface area contributed by atoms with Crippen LogP contribution in [-0.4, -0.2) is 111 Å². The van der Waals surface area contributed by atoms with Crippen LogP contribution in [0.4, 0.5) is 0 Å². The molecule has 0 aliphatic carbocycles. The van der Waals surface area contributed by atoms with E-state index in [0.717, 1.165) is 5.56 Å². The summed E-state index contributed by atoms with van der Waals surface area (Å²) in [5.74, 6) is 1.66. The van der Waals surface area contributed by atoms with Crippen molar-refractivity contribution in [3.05, 3.63) is 41.5 Å². The molecule has 2 aromatic carbocycles. The second-order valence-corrected chi connectivity index (χ2v) is 8.84. The largest absolute Gasteiger partial charge is 0.524 e. The van der Waals surface area contributed by atoms with Crippen molar-refractivity contribution in [1.29, 1.82) is 0 Å². The van der Waals surface area contributed by atoms with E-state index in [0.29, 0.717) is 49.0 Å². The summed E-state index contributed by atoms with van der Waals surface area (Å²) >= 11 is 0. The number of aliphatic hydroxyl groups excluding tert-OH is 4. The van der Waals surface area contributed by atoms with Gasteiger partial charge in [0.15, 0.2) is 23.0 Å². The van der Waals surface area contributed by atoms with Crippen molar-refractivity contribution in [3.8, 4) is 28.7 Å². The molecule has 0 saturated carbocycles. The molecular formula is C26H43N2O12P. The highest BCUT2D eigenvalue weighted by Gasteiger charge is 2.19. The number of benzene rings is 2. The lowest BCUT2D eigenvalue weighted by Crippen LogP contribution is -2.21.